The number of nitrogens with one attached hydrogen (secondary N) is 2. The van der Waals surface area contributed by atoms with Crippen LogP contribution in [0.3, 0.4) is 0 Å². The molecule has 6 heteroatoms. The fourth-order valence-corrected chi connectivity index (χ4v) is 8.43. The number of aromatic nitrogens is 2. The number of carbonyl (C=O) groups is 1. The van der Waals surface area contributed by atoms with Gasteiger partial charge in [-0.05, 0) is 119 Å². The monoisotopic (exact) mass is 479 g/mol. The minimum absolute atomic E-state index is 0.0915. The van der Waals surface area contributed by atoms with Crippen molar-refractivity contribution in [3.05, 3.63) is 41.7 Å². The largest absolute Gasteiger partial charge is 0.490 e. The standard InChI is InChI=1S/C28H37N3O2S/c1-17-15-29-28(30-17)34-16-18-2-6-24(7-3-18)33-25-8-4-21(5-9-25)27(32)31-26-22-11-19-10-20(13-22)14-23(26)12-19/h4-5,8-9,15,18-20,22-24,26H,2-3,6-7,10-14,16H2,1H3,(H,29,30)(H,31,32). The first-order chi connectivity index (χ1) is 16.6. The Morgan fingerprint density at radius 2 is 1.71 bits per heavy atom. The molecule has 0 unspecified atom stereocenters. The number of nitrogens with zero attached hydrogens (tertiary/aromatic N) is 1. The van der Waals surface area contributed by atoms with E-state index in [-0.39, 0.29) is 12.0 Å². The number of amides is 1. The summed E-state index contributed by atoms with van der Waals surface area (Å²) in [4.78, 5) is 20.7. The lowest BCUT2D eigenvalue weighted by atomic mass is 9.54. The third-order valence-corrected chi connectivity index (χ3v) is 10.00. The molecule has 0 spiro atoms. The molecule has 2 aromatic rings. The number of aromatic amines is 1. The van der Waals surface area contributed by atoms with Gasteiger partial charge >= 0.3 is 0 Å². The highest BCUT2D eigenvalue weighted by Gasteiger charge is 2.48. The number of thioether (sulfide) groups is 1. The summed E-state index contributed by atoms with van der Waals surface area (Å²) >= 11 is 1.83. The Balaban J connectivity index is 0.963. The van der Waals surface area contributed by atoms with Crippen molar-refractivity contribution >= 4 is 17.7 Å². The molecule has 182 valence electrons. The molecule has 1 amide bonds. The lowest BCUT2D eigenvalue weighted by Gasteiger charge is -2.54. The fourth-order valence-electron chi connectivity index (χ4n) is 7.35. The van der Waals surface area contributed by atoms with E-state index < -0.39 is 0 Å². The van der Waals surface area contributed by atoms with Crippen molar-refractivity contribution in [2.75, 3.05) is 5.75 Å². The molecular weight excluding hydrogens is 442 g/mol. The summed E-state index contributed by atoms with van der Waals surface area (Å²) in [5, 5.41) is 4.45. The molecule has 1 heterocycles. The van der Waals surface area contributed by atoms with Crippen LogP contribution in [0.4, 0.5) is 0 Å². The SMILES string of the molecule is Cc1c[nH]c(SCC2CCC(Oc3ccc(C(=O)NC4C5CC6CC(C5)CC4C6)cc3)CC2)n1. The fraction of sp³-hybridized carbons (Fsp3) is 0.643. The minimum Gasteiger partial charge on any atom is -0.490 e. The number of benzene rings is 1. The maximum Gasteiger partial charge on any atom is 0.251 e. The Hall–Kier alpha value is -1.95. The van der Waals surface area contributed by atoms with Gasteiger partial charge in [0.15, 0.2) is 5.16 Å². The summed E-state index contributed by atoms with van der Waals surface area (Å²) in [6, 6.07) is 8.23. The van der Waals surface area contributed by atoms with E-state index in [0.29, 0.717) is 17.9 Å². The van der Waals surface area contributed by atoms with Crippen molar-refractivity contribution in [2.45, 2.75) is 82.0 Å². The number of ether oxygens (including phenoxy) is 1. The molecule has 4 bridgehead atoms. The van der Waals surface area contributed by atoms with Gasteiger partial charge in [-0.1, -0.05) is 11.8 Å². The number of H-pyrrole nitrogens is 1. The Morgan fingerprint density at radius 3 is 2.32 bits per heavy atom. The minimum atomic E-state index is 0.0915. The first-order valence-electron chi connectivity index (χ1n) is 13.3. The van der Waals surface area contributed by atoms with E-state index in [2.05, 4.69) is 15.3 Å². The molecule has 1 aromatic heterocycles. The molecule has 5 saturated carbocycles. The lowest BCUT2D eigenvalue weighted by Crippen LogP contribution is -2.55. The first-order valence-corrected chi connectivity index (χ1v) is 14.3. The van der Waals surface area contributed by atoms with Gasteiger partial charge in [0.2, 0.25) is 0 Å². The topological polar surface area (TPSA) is 67.0 Å². The molecule has 0 aliphatic heterocycles. The predicted octanol–water partition coefficient (Wildman–Crippen LogP) is 6.00. The van der Waals surface area contributed by atoms with Crippen molar-refractivity contribution in [1.29, 1.82) is 0 Å². The zero-order valence-electron chi connectivity index (χ0n) is 20.2. The molecule has 1 aromatic carbocycles. The van der Waals surface area contributed by atoms with Crippen LogP contribution in [-0.4, -0.2) is 33.8 Å². The van der Waals surface area contributed by atoms with Gasteiger partial charge in [-0.25, -0.2) is 4.98 Å². The van der Waals surface area contributed by atoms with Gasteiger partial charge in [0, 0.05) is 23.6 Å². The Kier molecular flexibility index (Phi) is 6.35. The third-order valence-electron chi connectivity index (χ3n) is 8.88. The lowest BCUT2D eigenvalue weighted by molar-refractivity contribution is -0.0119. The highest BCUT2D eigenvalue weighted by Crippen LogP contribution is 2.53. The second-order valence-corrected chi connectivity index (χ2v) is 12.4. The Labute approximate surface area is 207 Å². The van der Waals surface area contributed by atoms with Crippen molar-refractivity contribution in [3.8, 4) is 5.75 Å². The highest BCUT2D eigenvalue weighted by molar-refractivity contribution is 7.99. The molecule has 2 N–H and O–H groups in total. The van der Waals surface area contributed by atoms with E-state index in [1.54, 1.807) is 0 Å². The van der Waals surface area contributed by atoms with Gasteiger partial charge in [-0.15, -0.1) is 0 Å². The zero-order valence-corrected chi connectivity index (χ0v) is 21.0. The summed E-state index contributed by atoms with van der Waals surface area (Å²) in [7, 11) is 0. The summed E-state index contributed by atoms with van der Waals surface area (Å²) in [6.07, 6.45) is 13.6. The Morgan fingerprint density at radius 1 is 1.03 bits per heavy atom. The molecule has 34 heavy (non-hydrogen) atoms. The molecule has 5 aliphatic rings. The van der Waals surface area contributed by atoms with Gasteiger partial charge < -0.3 is 15.0 Å². The van der Waals surface area contributed by atoms with Gasteiger partial charge in [0.25, 0.3) is 5.91 Å². The molecular formula is C28H37N3O2S. The van der Waals surface area contributed by atoms with E-state index in [1.165, 1.54) is 44.9 Å². The smallest absolute Gasteiger partial charge is 0.251 e. The second-order valence-electron chi connectivity index (χ2n) is 11.4. The maximum atomic E-state index is 13.0. The molecule has 0 atom stereocenters. The van der Waals surface area contributed by atoms with Crippen molar-refractivity contribution in [1.82, 2.24) is 15.3 Å². The maximum absolute atomic E-state index is 13.0. The number of hydrogen-bond donors (Lipinski definition) is 2. The number of imidazole rings is 1. The molecule has 7 rings (SSSR count). The molecule has 0 radical (unpaired) electrons. The van der Waals surface area contributed by atoms with Crippen LogP contribution in [-0.2, 0) is 0 Å². The summed E-state index contributed by atoms with van der Waals surface area (Å²) in [5.41, 5.74) is 1.81. The molecule has 0 saturated heterocycles. The van der Waals surface area contributed by atoms with E-state index in [0.717, 1.165) is 58.5 Å². The van der Waals surface area contributed by atoms with E-state index in [4.69, 9.17) is 4.74 Å². The van der Waals surface area contributed by atoms with E-state index >= 15 is 0 Å². The average Bonchev–Trinajstić information content (AvgIpc) is 3.26. The van der Waals surface area contributed by atoms with Crippen molar-refractivity contribution < 1.29 is 9.53 Å². The van der Waals surface area contributed by atoms with Crippen LogP contribution in [0, 0.1) is 36.5 Å². The molecule has 5 fully saturated rings. The second kappa shape index (κ2) is 9.60. The van der Waals surface area contributed by atoms with Gasteiger partial charge in [-0.3, -0.25) is 4.79 Å². The van der Waals surface area contributed by atoms with Crippen molar-refractivity contribution in [2.24, 2.45) is 29.6 Å². The van der Waals surface area contributed by atoms with Crippen LogP contribution in [0.1, 0.15) is 73.8 Å². The van der Waals surface area contributed by atoms with Crippen LogP contribution in [0.2, 0.25) is 0 Å². The first kappa shape index (κ1) is 22.5. The number of rotatable bonds is 7. The quantitative estimate of drug-likeness (QED) is 0.478. The van der Waals surface area contributed by atoms with E-state index in [9.17, 15) is 4.79 Å². The third kappa shape index (κ3) is 4.89. The number of hydrogen-bond acceptors (Lipinski definition) is 4. The van der Waals surface area contributed by atoms with Crippen LogP contribution in [0.5, 0.6) is 5.75 Å². The summed E-state index contributed by atoms with van der Waals surface area (Å²) in [5.74, 6) is 6.10. The summed E-state index contributed by atoms with van der Waals surface area (Å²) in [6.45, 7) is 2.02. The highest BCUT2D eigenvalue weighted by atomic mass is 32.2. The average molecular weight is 480 g/mol. The van der Waals surface area contributed by atoms with Crippen LogP contribution in [0.15, 0.2) is 35.6 Å². The van der Waals surface area contributed by atoms with Gasteiger partial charge in [-0.2, -0.15) is 0 Å². The van der Waals surface area contributed by atoms with Crippen molar-refractivity contribution in [3.63, 3.8) is 0 Å². The zero-order chi connectivity index (χ0) is 23.1. The summed E-state index contributed by atoms with van der Waals surface area (Å²) < 4.78 is 6.27. The van der Waals surface area contributed by atoms with Crippen LogP contribution >= 0.6 is 11.8 Å². The van der Waals surface area contributed by atoms with E-state index in [1.807, 2.05) is 49.1 Å². The predicted molar refractivity (Wildman–Crippen MR) is 135 cm³/mol. The van der Waals surface area contributed by atoms with Crippen LogP contribution in [0.25, 0.3) is 0 Å². The normalized spacial score (nSPS) is 34.2. The molecule has 5 nitrogen and oxygen atoms in total. The van der Waals surface area contributed by atoms with Gasteiger partial charge in [0.05, 0.1) is 11.8 Å². The molecule has 5 aliphatic carbocycles. The van der Waals surface area contributed by atoms with Gasteiger partial charge in [0.1, 0.15) is 5.75 Å². The number of aryl methyl sites for hydroxylation is 1. The van der Waals surface area contributed by atoms with Crippen LogP contribution < -0.4 is 10.1 Å². The number of carbonyl (C=O) groups excluding carboxylic acids is 1. The Bertz CT molecular complexity index is 967.